The van der Waals surface area contributed by atoms with Gasteiger partial charge < -0.3 is 19.5 Å². The average molecular weight is 376 g/mol. The first-order chi connectivity index (χ1) is 13.1. The van der Waals surface area contributed by atoms with Crippen LogP contribution >= 0.6 is 0 Å². The second-order valence-corrected chi connectivity index (χ2v) is 8.70. The van der Waals surface area contributed by atoms with Crippen LogP contribution in [0, 0.1) is 0 Å². The van der Waals surface area contributed by atoms with Gasteiger partial charge in [0.25, 0.3) is 5.91 Å². The summed E-state index contributed by atoms with van der Waals surface area (Å²) in [5.41, 5.74) is 0.0345. The smallest absolute Gasteiger partial charge is 0.289 e. The molecule has 27 heavy (non-hydrogen) atoms. The summed E-state index contributed by atoms with van der Waals surface area (Å²) < 4.78 is 8.44. The molecule has 0 aromatic carbocycles. The highest BCUT2D eigenvalue weighted by molar-refractivity contribution is 5.90. The summed E-state index contributed by atoms with van der Waals surface area (Å²) in [6.07, 6.45) is 8.80. The maximum Gasteiger partial charge on any atom is 0.289 e. The Kier molecular flexibility index (Phi) is 5.50. The normalized spacial score (nSPS) is 25.5. The molecule has 3 aliphatic heterocycles. The van der Waals surface area contributed by atoms with E-state index in [9.17, 15) is 4.79 Å². The second kappa shape index (κ2) is 7.87. The maximum absolute atomic E-state index is 12.6. The van der Waals surface area contributed by atoms with E-state index in [4.69, 9.17) is 4.74 Å². The van der Waals surface area contributed by atoms with Crippen molar-refractivity contribution in [3.63, 3.8) is 0 Å². The number of carbonyl (C=O) groups excluding carboxylic acids is 1. The molecular weight excluding hydrogens is 342 g/mol. The molecule has 0 saturated carbocycles. The summed E-state index contributed by atoms with van der Waals surface area (Å²) >= 11 is 0. The zero-order valence-corrected chi connectivity index (χ0v) is 16.7. The average Bonchev–Trinajstić information content (AvgIpc) is 3.17. The molecule has 1 amide bonds. The minimum atomic E-state index is -0.116. The predicted octanol–water partition coefficient (Wildman–Crippen LogP) is 2.16. The van der Waals surface area contributed by atoms with Crippen LogP contribution in [0.4, 0.5) is 0 Å². The maximum atomic E-state index is 12.6. The summed E-state index contributed by atoms with van der Waals surface area (Å²) in [7, 11) is 0. The highest BCUT2D eigenvalue weighted by Gasteiger charge is 2.42. The number of amides is 1. The van der Waals surface area contributed by atoms with Crippen LogP contribution in [0.3, 0.4) is 0 Å². The molecule has 2 fully saturated rings. The first kappa shape index (κ1) is 18.9. The van der Waals surface area contributed by atoms with Crippen LogP contribution in [0.5, 0.6) is 0 Å². The summed E-state index contributed by atoms with van der Waals surface area (Å²) in [5, 5.41) is 11.4. The lowest BCUT2D eigenvalue weighted by molar-refractivity contribution is -0.0788. The Labute approximate surface area is 161 Å². The number of hydrogen-bond acceptors (Lipinski definition) is 5. The van der Waals surface area contributed by atoms with Gasteiger partial charge in [-0.05, 0) is 52.4 Å². The second-order valence-electron chi connectivity index (χ2n) is 8.70. The van der Waals surface area contributed by atoms with Gasteiger partial charge in [-0.15, -0.1) is 10.2 Å². The van der Waals surface area contributed by atoms with Crippen molar-refractivity contribution < 1.29 is 9.53 Å². The van der Waals surface area contributed by atoms with Gasteiger partial charge in [-0.25, -0.2) is 0 Å². The van der Waals surface area contributed by atoms with E-state index in [1.807, 2.05) is 4.57 Å². The highest BCUT2D eigenvalue weighted by atomic mass is 16.5. The zero-order chi connectivity index (χ0) is 18.9. The van der Waals surface area contributed by atoms with E-state index >= 15 is 0 Å². The van der Waals surface area contributed by atoms with Gasteiger partial charge >= 0.3 is 0 Å². The number of nitrogens with zero attached hydrogens (tertiary/aromatic N) is 4. The Morgan fingerprint density at radius 3 is 2.78 bits per heavy atom. The van der Waals surface area contributed by atoms with E-state index in [-0.39, 0.29) is 17.6 Å². The Bertz CT molecular complexity index is 663. The Morgan fingerprint density at radius 2 is 2.00 bits per heavy atom. The monoisotopic (exact) mass is 375 g/mol. The summed E-state index contributed by atoms with van der Waals surface area (Å²) in [4.78, 5) is 15.2. The number of piperidine rings is 1. The number of ether oxygens (including phenoxy) is 1. The molecule has 4 rings (SSSR count). The molecule has 150 valence electrons. The third kappa shape index (κ3) is 4.04. The van der Waals surface area contributed by atoms with Crippen LogP contribution in [0.1, 0.15) is 75.2 Å². The van der Waals surface area contributed by atoms with E-state index in [0.717, 1.165) is 70.4 Å². The van der Waals surface area contributed by atoms with Crippen LogP contribution in [0.2, 0.25) is 0 Å². The van der Waals surface area contributed by atoms with Crippen LogP contribution in [0.25, 0.3) is 0 Å². The van der Waals surface area contributed by atoms with Crippen LogP contribution in [-0.2, 0) is 17.7 Å². The molecule has 3 aliphatic rings. The van der Waals surface area contributed by atoms with Crippen molar-refractivity contribution in [2.75, 3.05) is 19.6 Å². The standard InChI is InChI=1S/C20H33N5O2/c1-15(2)24-12-9-20(10-13-24)8-7-16(27-20)14-21-19(26)18-23-22-17-6-4-3-5-11-25(17)18/h15-16H,3-14H2,1-2H3,(H,21,26). The van der Waals surface area contributed by atoms with Crippen molar-refractivity contribution in [1.82, 2.24) is 25.0 Å². The Balaban J connectivity index is 1.29. The molecule has 0 aliphatic carbocycles. The van der Waals surface area contributed by atoms with Gasteiger partial charge in [0.1, 0.15) is 5.82 Å². The molecule has 1 aromatic rings. The minimum Gasteiger partial charge on any atom is -0.370 e. The SMILES string of the molecule is CC(C)N1CCC2(CCC(CNC(=O)c3nnc4n3CCCCC4)O2)CC1. The van der Waals surface area contributed by atoms with E-state index < -0.39 is 0 Å². The van der Waals surface area contributed by atoms with E-state index in [2.05, 4.69) is 34.3 Å². The number of aryl methyl sites for hydroxylation is 1. The van der Waals surface area contributed by atoms with Gasteiger partial charge in [0.05, 0.1) is 11.7 Å². The van der Waals surface area contributed by atoms with Gasteiger partial charge in [0.15, 0.2) is 0 Å². The van der Waals surface area contributed by atoms with Crippen molar-refractivity contribution in [2.45, 2.75) is 89.5 Å². The third-order valence-corrected chi connectivity index (χ3v) is 6.58. The first-order valence-corrected chi connectivity index (χ1v) is 10.7. The number of likely N-dealkylation sites (tertiary alicyclic amines) is 1. The van der Waals surface area contributed by atoms with Crippen molar-refractivity contribution in [1.29, 1.82) is 0 Å². The zero-order valence-electron chi connectivity index (χ0n) is 16.7. The van der Waals surface area contributed by atoms with Gasteiger partial charge in [-0.3, -0.25) is 4.79 Å². The lowest BCUT2D eigenvalue weighted by Gasteiger charge is -2.40. The van der Waals surface area contributed by atoms with Gasteiger partial charge in [-0.2, -0.15) is 0 Å². The lowest BCUT2D eigenvalue weighted by Crippen LogP contribution is -2.47. The number of rotatable bonds is 4. The molecule has 7 heteroatoms. The summed E-state index contributed by atoms with van der Waals surface area (Å²) in [6, 6.07) is 0.608. The lowest BCUT2D eigenvalue weighted by atomic mass is 9.88. The predicted molar refractivity (Wildman–Crippen MR) is 103 cm³/mol. The quantitative estimate of drug-likeness (QED) is 0.873. The number of carbonyl (C=O) groups is 1. The fourth-order valence-corrected chi connectivity index (χ4v) is 4.79. The van der Waals surface area contributed by atoms with Gasteiger partial charge in [-0.1, -0.05) is 6.42 Å². The van der Waals surface area contributed by atoms with Crippen molar-refractivity contribution in [2.24, 2.45) is 0 Å². The molecule has 1 N–H and O–H groups in total. The first-order valence-electron chi connectivity index (χ1n) is 10.7. The summed E-state index contributed by atoms with van der Waals surface area (Å²) in [6.45, 7) is 8.16. The van der Waals surface area contributed by atoms with Gasteiger partial charge in [0.2, 0.25) is 5.82 Å². The Morgan fingerprint density at radius 1 is 1.19 bits per heavy atom. The molecule has 4 heterocycles. The van der Waals surface area contributed by atoms with E-state index in [1.165, 1.54) is 6.42 Å². The highest BCUT2D eigenvalue weighted by Crippen LogP contribution is 2.39. The van der Waals surface area contributed by atoms with Crippen molar-refractivity contribution in [3.8, 4) is 0 Å². The molecule has 7 nitrogen and oxygen atoms in total. The van der Waals surface area contributed by atoms with Crippen LogP contribution in [-0.4, -0.2) is 63.0 Å². The molecule has 1 aromatic heterocycles. The fraction of sp³-hybridized carbons (Fsp3) is 0.850. The fourth-order valence-electron chi connectivity index (χ4n) is 4.79. The number of nitrogens with one attached hydrogen (secondary N) is 1. The van der Waals surface area contributed by atoms with Gasteiger partial charge in [0, 0.05) is 38.6 Å². The van der Waals surface area contributed by atoms with Crippen molar-refractivity contribution >= 4 is 5.91 Å². The van der Waals surface area contributed by atoms with Crippen LogP contribution in [0.15, 0.2) is 0 Å². The number of aromatic nitrogens is 3. The molecule has 2 saturated heterocycles. The molecule has 1 atom stereocenters. The Hall–Kier alpha value is -1.47. The van der Waals surface area contributed by atoms with E-state index in [1.54, 1.807) is 0 Å². The molecule has 0 radical (unpaired) electrons. The topological polar surface area (TPSA) is 72.3 Å². The van der Waals surface area contributed by atoms with Crippen LogP contribution < -0.4 is 5.32 Å². The summed E-state index contributed by atoms with van der Waals surface area (Å²) in [5.74, 6) is 1.30. The molecule has 1 unspecified atom stereocenters. The minimum absolute atomic E-state index is 0.0345. The molecule has 1 spiro atoms. The number of hydrogen-bond donors (Lipinski definition) is 1. The third-order valence-electron chi connectivity index (χ3n) is 6.58. The molecular formula is C20H33N5O2. The van der Waals surface area contributed by atoms with Crippen molar-refractivity contribution in [3.05, 3.63) is 11.6 Å². The largest absolute Gasteiger partial charge is 0.370 e. The van der Waals surface area contributed by atoms with E-state index in [0.29, 0.717) is 18.4 Å². The number of fused-ring (bicyclic) bond motifs is 1. The molecule has 0 bridgehead atoms.